The third-order valence-corrected chi connectivity index (χ3v) is 6.03. The minimum Gasteiger partial charge on any atom is -0.352 e. The Hall–Kier alpha value is -2.35. The highest BCUT2D eigenvalue weighted by Crippen LogP contribution is 2.26. The summed E-state index contributed by atoms with van der Waals surface area (Å²) in [6.45, 7) is 6.73. The van der Waals surface area contributed by atoms with E-state index in [2.05, 4.69) is 29.4 Å². The first kappa shape index (κ1) is 19.0. The van der Waals surface area contributed by atoms with Crippen LogP contribution in [0.1, 0.15) is 40.0 Å². The molecule has 2 aromatic heterocycles. The maximum Gasteiger partial charge on any atom is 0.262 e. The molecule has 1 aromatic carbocycles. The molecule has 28 heavy (non-hydrogen) atoms. The Morgan fingerprint density at radius 2 is 2.00 bits per heavy atom. The van der Waals surface area contributed by atoms with Crippen LogP contribution < -0.4 is 10.9 Å². The molecular formula is C20H25N5O2S. The Morgan fingerprint density at radius 3 is 2.71 bits per heavy atom. The lowest BCUT2D eigenvalue weighted by Gasteiger charge is -2.13. The number of carbonyl (C=O) groups is 1. The van der Waals surface area contributed by atoms with Crippen molar-refractivity contribution in [1.29, 1.82) is 0 Å². The SMILES string of the molecule is CC(C)CCn1c(=O)c2ccccc2n2c(S[C@@H](C)C(=O)NC3CC3)nnc12. The number of rotatable bonds is 7. The van der Waals surface area contributed by atoms with E-state index in [-0.39, 0.29) is 16.7 Å². The largest absolute Gasteiger partial charge is 0.352 e. The molecular weight excluding hydrogens is 374 g/mol. The summed E-state index contributed by atoms with van der Waals surface area (Å²) in [5, 5.41) is 12.6. The van der Waals surface area contributed by atoms with Gasteiger partial charge < -0.3 is 5.32 Å². The number of hydrogen-bond acceptors (Lipinski definition) is 5. The number of nitrogens with one attached hydrogen (secondary N) is 1. The second-order valence-corrected chi connectivity index (χ2v) is 9.13. The van der Waals surface area contributed by atoms with E-state index in [1.165, 1.54) is 11.8 Å². The molecule has 8 heteroatoms. The molecule has 1 aliphatic rings. The topological polar surface area (TPSA) is 81.3 Å². The first-order chi connectivity index (χ1) is 13.5. The highest BCUT2D eigenvalue weighted by molar-refractivity contribution is 8.00. The van der Waals surface area contributed by atoms with Crippen LogP contribution in [0.3, 0.4) is 0 Å². The zero-order valence-electron chi connectivity index (χ0n) is 16.4. The molecule has 3 aromatic rings. The summed E-state index contributed by atoms with van der Waals surface area (Å²) in [6, 6.07) is 7.83. The Balaban J connectivity index is 1.78. The fourth-order valence-electron chi connectivity index (χ4n) is 3.16. The second kappa shape index (κ2) is 7.58. The Morgan fingerprint density at radius 1 is 1.25 bits per heavy atom. The lowest BCUT2D eigenvalue weighted by molar-refractivity contribution is -0.120. The van der Waals surface area contributed by atoms with Crippen molar-refractivity contribution >= 4 is 34.3 Å². The molecule has 1 atom stereocenters. The molecule has 0 bridgehead atoms. The molecule has 0 radical (unpaired) electrons. The monoisotopic (exact) mass is 399 g/mol. The van der Waals surface area contributed by atoms with Crippen LogP contribution in [0.4, 0.5) is 0 Å². The van der Waals surface area contributed by atoms with Gasteiger partial charge in [-0.2, -0.15) is 0 Å². The van der Waals surface area contributed by atoms with Crippen molar-refractivity contribution < 1.29 is 4.79 Å². The molecule has 2 heterocycles. The molecule has 0 unspecified atom stereocenters. The van der Waals surface area contributed by atoms with Crippen molar-refractivity contribution in [2.75, 3.05) is 0 Å². The molecule has 1 fully saturated rings. The summed E-state index contributed by atoms with van der Waals surface area (Å²) in [4.78, 5) is 25.4. The van der Waals surface area contributed by atoms with Gasteiger partial charge in [0.2, 0.25) is 11.7 Å². The zero-order valence-corrected chi connectivity index (χ0v) is 17.2. The minimum atomic E-state index is -0.289. The van der Waals surface area contributed by atoms with Crippen molar-refractivity contribution in [3.05, 3.63) is 34.6 Å². The van der Waals surface area contributed by atoms with Crippen molar-refractivity contribution in [1.82, 2.24) is 24.5 Å². The number of thioether (sulfide) groups is 1. The summed E-state index contributed by atoms with van der Waals surface area (Å²) in [6.07, 6.45) is 3.00. The maximum atomic E-state index is 13.0. The van der Waals surface area contributed by atoms with Gasteiger partial charge in [0.25, 0.3) is 5.56 Å². The molecule has 1 saturated carbocycles. The van der Waals surface area contributed by atoms with E-state index in [1.807, 2.05) is 35.6 Å². The van der Waals surface area contributed by atoms with Gasteiger partial charge in [0.05, 0.1) is 16.2 Å². The first-order valence-corrected chi connectivity index (χ1v) is 10.7. The van der Waals surface area contributed by atoms with Crippen LogP contribution in [0.5, 0.6) is 0 Å². The smallest absolute Gasteiger partial charge is 0.262 e. The van der Waals surface area contributed by atoms with Crippen LogP contribution >= 0.6 is 11.8 Å². The highest BCUT2D eigenvalue weighted by atomic mass is 32.2. The van der Waals surface area contributed by atoms with Gasteiger partial charge in [0.1, 0.15) is 0 Å². The van der Waals surface area contributed by atoms with E-state index in [9.17, 15) is 9.59 Å². The number of fused-ring (bicyclic) bond motifs is 3. The van der Waals surface area contributed by atoms with Gasteiger partial charge in [-0.1, -0.05) is 37.7 Å². The molecule has 0 spiro atoms. The van der Waals surface area contributed by atoms with Crippen LogP contribution in [0.25, 0.3) is 16.7 Å². The highest BCUT2D eigenvalue weighted by Gasteiger charge is 2.27. The van der Waals surface area contributed by atoms with E-state index in [1.54, 1.807) is 4.57 Å². The van der Waals surface area contributed by atoms with Crippen LogP contribution in [0.15, 0.2) is 34.2 Å². The van der Waals surface area contributed by atoms with E-state index < -0.39 is 0 Å². The molecule has 148 valence electrons. The fourth-order valence-corrected chi connectivity index (χ4v) is 4.02. The number of amides is 1. The van der Waals surface area contributed by atoms with Crippen LogP contribution in [0, 0.1) is 5.92 Å². The minimum absolute atomic E-state index is 0.0154. The summed E-state index contributed by atoms with van der Waals surface area (Å²) in [5.41, 5.74) is 0.720. The summed E-state index contributed by atoms with van der Waals surface area (Å²) >= 11 is 1.37. The quantitative estimate of drug-likeness (QED) is 0.618. The predicted octanol–water partition coefficient (Wildman–Crippen LogP) is 2.85. The lowest BCUT2D eigenvalue weighted by Crippen LogP contribution is -2.32. The summed E-state index contributed by atoms with van der Waals surface area (Å²) in [7, 11) is 0. The standard InChI is InChI=1S/C20H25N5O2S/c1-12(2)10-11-24-18(27)15-6-4-5-7-16(15)25-19(24)22-23-20(25)28-13(3)17(26)21-14-8-9-14/h4-7,12-14H,8-11H2,1-3H3,(H,21,26)/t13-/m0/s1. The normalized spacial score (nSPS) is 15.4. The third kappa shape index (κ3) is 3.65. The van der Waals surface area contributed by atoms with E-state index in [4.69, 9.17) is 0 Å². The van der Waals surface area contributed by atoms with E-state index >= 15 is 0 Å². The summed E-state index contributed by atoms with van der Waals surface area (Å²) < 4.78 is 3.61. The molecule has 0 saturated heterocycles. The fraction of sp³-hybridized carbons (Fsp3) is 0.500. The number of carbonyl (C=O) groups excluding carboxylic acids is 1. The van der Waals surface area contributed by atoms with Gasteiger partial charge >= 0.3 is 0 Å². The second-order valence-electron chi connectivity index (χ2n) is 7.82. The van der Waals surface area contributed by atoms with Gasteiger partial charge in [-0.25, -0.2) is 0 Å². The van der Waals surface area contributed by atoms with E-state index in [0.717, 1.165) is 24.8 Å². The van der Waals surface area contributed by atoms with Gasteiger partial charge in [-0.15, -0.1) is 10.2 Å². The van der Waals surface area contributed by atoms with Crippen LogP contribution in [0.2, 0.25) is 0 Å². The van der Waals surface area contributed by atoms with Crippen LogP contribution in [-0.4, -0.2) is 36.4 Å². The van der Waals surface area contributed by atoms with Crippen molar-refractivity contribution in [3.8, 4) is 0 Å². The maximum absolute atomic E-state index is 13.0. The molecule has 7 nitrogen and oxygen atoms in total. The third-order valence-electron chi connectivity index (χ3n) is 4.98. The number of nitrogens with zero attached hydrogens (tertiary/aromatic N) is 4. The van der Waals surface area contributed by atoms with Gasteiger partial charge in [0.15, 0.2) is 5.16 Å². The van der Waals surface area contributed by atoms with Crippen molar-refractivity contribution in [3.63, 3.8) is 0 Å². The lowest BCUT2D eigenvalue weighted by atomic mass is 10.1. The predicted molar refractivity (Wildman–Crippen MR) is 111 cm³/mol. The average molecular weight is 400 g/mol. The van der Waals surface area contributed by atoms with Gasteiger partial charge in [-0.05, 0) is 44.2 Å². The van der Waals surface area contributed by atoms with Crippen molar-refractivity contribution in [2.45, 2.75) is 63.0 Å². The molecule has 4 rings (SSSR count). The Bertz CT molecular complexity index is 1080. The van der Waals surface area contributed by atoms with E-state index in [0.29, 0.717) is 34.8 Å². The van der Waals surface area contributed by atoms with Gasteiger partial charge in [0, 0.05) is 12.6 Å². The first-order valence-electron chi connectivity index (χ1n) is 9.79. The number of aryl methyl sites for hydroxylation is 1. The molecule has 0 aliphatic heterocycles. The number of para-hydroxylation sites is 1. The molecule has 1 N–H and O–H groups in total. The summed E-state index contributed by atoms with van der Waals surface area (Å²) in [5.74, 6) is 1.02. The zero-order chi connectivity index (χ0) is 19.8. The number of benzene rings is 1. The van der Waals surface area contributed by atoms with Crippen LogP contribution in [-0.2, 0) is 11.3 Å². The van der Waals surface area contributed by atoms with Gasteiger partial charge in [-0.3, -0.25) is 18.6 Å². The molecule has 1 aliphatic carbocycles. The Kier molecular flexibility index (Phi) is 5.14. The number of aromatic nitrogens is 4. The Labute approximate surface area is 167 Å². The number of hydrogen-bond donors (Lipinski definition) is 1. The molecule has 1 amide bonds. The average Bonchev–Trinajstić information content (AvgIpc) is 3.39. The van der Waals surface area contributed by atoms with Crippen molar-refractivity contribution in [2.24, 2.45) is 5.92 Å².